The first-order valence-electron chi connectivity index (χ1n) is 35.5. The molecule has 8 heteroatoms. The van der Waals surface area contributed by atoms with E-state index in [0.29, 0.717) is 51.0 Å². The molecule has 0 amide bonds. The Hall–Kier alpha value is -11.4. The van der Waals surface area contributed by atoms with E-state index in [1.54, 1.807) is 24.3 Å². The summed E-state index contributed by atoms with van der Waals surface area (Å²) in [5, 5.41) is 4.64. The largest absolute Gasteiger partial charge is 0.493 e. The predicted octanol–water partition coefficient (Wildman–Crippen LogP) is 23.2. The number of halogens is 2. The fraction of sp³-hybridized carbons (Fsp3) is 0.149. The molecule has 2 unspecified atom stereocenters. The van der Waals surface area contributed by atoms with Crippen LogP contribution in [0.2, 0.25) is 0 Å². The van der Waals surface area contributed by atoms with E-state index in [4.69, 9.17) is 18.9 Å². The Kier molecular flexibility index (Phi) is 15.6. The molecule has 2 saturated heterocycles. The first-order chi connectivity index (χ1) is 50.1. The molecule has 2 aliphatic heterocycles. The Labute approximate surface area is 594 Å². The second-order valence-electron chi connectivity index (χ2n) is 28.2. The van der Waals surface area contributed by atoms with Crippen LogP contribution in [0, 0.1) is 22.5 Å². The molecule has 4 aliphatic rings. The van der Waals surface area contributed by atoms with E-state index in [1.807, 2.05) is 12.1 Å². The molecule has 0 spiro atoms. The first kappa shape index (κ1) is 62.8. The molecular formula is C94H74F2N2O4. The minimum absolute atomic E-state index is 0.0342. The maximum atomic E-state index is 15.8. The molecule has 2 aliphatic carbocycles. The molecule has 0 radical (unpaired) electrons. The number of hydrogen-bond acceptors (Lipinski definition) is 6. The highest BCUT2D eigenvalue weighted by molar-refractivity contribution is 5.94. The molecule has 18 rings (SSSR count). The van der Waals surface area contributed by atoms with Gasteiger partial charge in [-0.1, -0.05) is 208 Å². The minimum atomic E-state index is -0.757. The first-order valence-corrected chi connectivity index (χ1v) is 35.5. The topological polar surface area (TPSA) is 43.4 Å². The Balaban J connectivity index is 0.719. The van der Waals surface area contributed by atoms with Crippen LogP contribution in [0.1, 0.15) is 71.2 Å². The monoisotopic (exact) mass is 1330 g/mol. The quantitative estimate of drug-likeness (QED) is 0.0804. The lowest BCUT2D eigenvalue weighted by molar-refractivity contribution is -0.133. The predicted molar refractivity (Wildman–Crippen MR) is 409 cm³/mol. The van der Waals surface area contributed by atoms with Gasteiger partial charge < -0.3 is 28.7 Å². The van der Waals surface area contributed by atoms with Crippen LogP contribution in [0.5, 0.6) is 11.5 Å². The molecule has 14 aromatic rings. The molecule has 2 heterocycles. The van der Waals surface area contributed by atoms with Crippen molar-refractivity contribution in [2.75, 3.05) is 49.4 Å². The second kappa shape index (κ2) is 25.3. The SMILES string of the molecule is CCC1(COc2ccc(C3(c4ccc5ccccc5c4)c4ccccc4-c4ccc(N(c5ccc(-c6ccc(N(c7cccc(F)c7)c7ccc8c(c7)C(c7ccc(OCC9(CC)COC9)cc7)(c7ccc9ccccc9c7)c7ccccc7-8)cc6)cc5)c5cccc(F)c5)cc43)cc2)COC1. The highest BCUT2D eigenvalue weighted by atomic mass is 19.1. The highest BCUT2D eigenvalue weighted by Gasteiger charge is 2.49. The van der Waals surface area contributed by atoms with Crippen LogP contribution >= 0.6 is 0 Å². The maximum Gasteiger partial charge on any atom is 0.125 e. The lowest BCUT2D eigenvalue weighted by Gasteiger charge is -2.40. The van der Waals surface area contributed by atoms with Gasteiger partial charge in [-0.15, -0.1) is 0 Å². The summed E-state index contributed by atoms with van der Waals surface area (Å²) >= 11 is 0. The smallest absolute Gasteiger partial charge is 0.125 e. The zero-order valence-corrected chi connectivity index (χ0v) is 57.0. The summed E-state index contributed by atoms with van der Waals surface area (Å²) in [6, 6.07) is 110. The van der Waals surface area contributed by atoms with Crippen molar-refractivity contribution in [2.24, 2.45) is 10.8 Å². The summed E-state index contributed by atoms with van der Waals surface area (Å²) in [4.78, 5) is 4.32. The van der Waals surface area contributed by atoms with Crippen LogP contribution in [-0.4, -0.2) is 39.6 Å². The third-order valence-electron chi connectivity index (χ3n) is 22.5. The van der Waals surface area contributed by atoms with E-state index < -0.39 is 10.8 Å². The fourth-order valence-electron chi connectivity index (χ4n) is 16.6. The third-order valence-corrected chi connectivity index (χ3v) is 22.5. The van der Waals surface area contributed by atoms with Crippen molar-refractivity contribution in [2.45, 2.75) is 37.5 Å². The van der Waals surface area contributed by atoms with Crippen molar-refractivity contribution in [3.63, 3.8) is 0 Å². The number of hydrogen-bond donors (Lipinski definition) is 0. The molecule has 498 valence electrons. The van der Waals surface area contributed by atoms with Crippen LogP contribution in [0.25, 0.3) is 54.9 Å². The van der Waals surface area contributed by atoms with E-state index in [0.717, 1.165) is 125 Å². The molecule has 14 aromatic carbocycles. The van der Waals surface area contributed by atoms with Crippen LogP contribution in [0.4, 0.5) is 42.9 Å². The summed E-state index contributed by atoms with van der Waals surface area (Å²) in [6.45, 7) is 8.46. The Morgan fingerprint density at radius 2 is 0.657 bits per heavy atom. The molecule has 6 nitrogen and oxygen atoms in total. The Morgan fingerprint density at radius 3 is 1.04 bits per heavy atom. The van der Waals surface area contributed by atoms with Gasteiger partial charge in [0.05, 0.1) is 61.3 Å². The summed E-state index contributed by atoms with van der Waals surface area (Å²) in [7, 11) is 0. The van der Waals surface area contributed by atoms with Crippen molar-refractivity contribution in [3.8, 4) is 44.9 Å². The summed E-state index contributed by atoms with van der Waals surface area (Å²) in [5.74, 6) is 0.982. The molecule has 0 aromatic heterocycles. The Bertz CT molecular complexity index is 5160. The van der Waals surface area contributed by atoms with Gasteiger partial charge in [0.2, 0.25) is 0 Å². The van der Waals surface area contributed by atoms with Crippen LogP contribution in [0.3, 0.4) is 0 Å². The van der Waals surface area contributed by atoms with E-state index in [1.165, 1.54) is 34.0 Å². The van der Waals surface area contributed by atoms with Crippen LogP contribution < -0.4 is 19.3 Å². The van der Waals surface area contributed by atoms with Crippen molar-refractivity contribution in [1.29, 1.82) is 0 Å². The number of fused-ring (bicyclic) bond motifs is 8. The van der Waals surface area contributed by atoms with Gasteiger partial charge in [0, 0.05) is 34.1 Å². The number of benzene rings is 14. The number of ether oxygens (including phenoxy) is 4. The number of rotatable bonds is 19. The number of nitrogens with zero attached hydrogens (tertiary/aromatic N) is 2. The van der Waals surface area contributed by atoms with Gasteiger partial charge in [0.15, 0.2) is 0 Å². The standard InChI is InChI=1S/C94H74F2N2O4/c1-3-91(57-99-58-91)61-101-81-45-35-69(36-46-81)93(71-33-27-63-15-5-7-17-67(63)51-71)87-25-11-9-23-83(87)85-49-43-79(55-89(85)93)97(77-21-13-19-73(95)53-77)75-39-29-65(30-40-75)66-31-41-76(42-32-66)98(78-22-14-20-74(96)54-78)80-44-50-86-84-24-10-12-26-88(84)94(90(86)56-80,72-34-28-64-16-6-8-18-68(64)52-72)70-37-47-82(48-38-70)102-62-92(4-2)59-100-60-92/h5-56H,3-4,57-62H2,1-2H3. The van der Waals surface area contributed by atoms with Gasteiger partial charge in [-0.05, 0) is 234 Å². The van der Waals surface area contributed by atoms with Crippen molar-refractivity contribution >= 4 is 55.7 Å². The maximum absolute atomic E-state index is 15.8. The minimum Gasteiger partial charge on any atom is -0.493 e. The van der Waals surface area contributed by atoms with Gasteiger partial charge in [-0.3, -0.25) is 0 Å². The number of anilines is 6. The van der Waals surface area contributed by atoms with Gasteiger partial charge in [-0.2, -0.15) is 0 Å². The van der Waals surface area contributed by atoms with E-state index in [2.05, 4.69) is 291 Å². The zero-order chi connectivity index (χ0) is 68.6. The van der Waals surface area contributed by atoms with Gasteiger partial charge in [0.1, 0.15) is 23.1 Å². The molecular weight excluding hydrogens is 1260 g/mol. The summed E-state index contributed by atoms with van der Waals surface area (Å²) < 4.78 is 56.0. The van der Waals surface area contributed by atoms with Gasteiger partial charge in [-0.25, -0.2) is 8.78 Å². The zero-order valence-electron chi connectivity index (χ0n) is 57.0. The molecule has 2 atom stereocenters. The third kappa shape index (κ3) is 10.5. The molecule has 0 bridgehead atoms. The van der Waals surface area contributed by atoms with Gasteiger partial charge in [0.25, 0.3) is 0 Å². The van der Waals surface area contributed by atoms with Crippen LogP contribution in [-0.2, 0) is 20.3 Å². The molecule has 0 saturated carbocycles. The summed E-state index contributed by atoms with van der Waals surface area (Å²) in [6.07, 6.45) is 1.99. The fourth-order valence-corrected chi connectivity index (χ4v) is 16.6. The van der Waals surface area contributed by atoms with Gasteiger partial charge >= 0.3 is 0 Å². The average Bonchev–Trinajstić information content (AvgIpc) is 1.53. The van der Waals surface area contributed by atoms with Crippen LogP contribution in [0.15, 0.2) is 315 Å². The summed E-state index contributed by atoms with van der Waals surface area (Å²) in [5.41, 5.74) is 19.1. The Morgan fingerprint density at radius 1 is 0.304 bits per heavy atom. The molecule has 2 fully saturated rings. The normalized spacial score (nSPS) is 17.2. The average molecular weight is 1330 g/mol. The van der Waals surface area contributed by atoms with E-state index >= 15 is 8.78 Å². The highest BCUT2D eigenvalue weighted by Crippen LogP contribution is 2.60. The molecule has 0 N–H and O–H groups in total. The van der Waals surface area contributed by atoms with Crippen molar-refractivity contribution in [3.05, 3.63) is 372 Å². The second-order valence-corrected chi connectivity index (χ2v) is 28.2. The van der Waals surface area contributed by atoms with Crippen molar-refractivity contribution in [1.82, 2.24) is 0 Å². The molecule has 102 heavy (non-hydrogen) atoms. The lowest BCUT2D eigenvalue weighted by atomic mass is 9.67. The lowest BCUT2D eigenvalue weighted by Crippen LogP contribution is -2.46. The van der Waals surface area contributed by atoms with E-state index in [-0.39, 0.29) is 22.5 Å². The van der Waals surface area contributed by atoms with Crippen molar-refractivity contribution < 1.29 is 27.7 Å². The van der Waals surface area contributed by atoms with E-state index in [9.17, 15) is 0 Å².